The Kier molecular flexibility index (Phi) is 7.82. The van der Waals surface area contributed by atoms with Crippen molar-refractivity contribution in [2.75, 3.05) is 20.2 Å². The number of benzene rings is 2. The highest BCUT2D eigenvalue weighted by atomic mass is 32.2. The van der Waals surface area contributed by atoms with Gasteiger partial charge in [-0.15, -0.1) is 0 Å². The molecule has 0 radical (unpaired) electrons. The monoisotopic (exact) mass is 473 g/mol. The molecule has 1 aliphatic rings. The van der Waals surface area contributed by atoms with Gasteiger partial charge in [-0.3, -0.25) is 9.69 Å². The average Bonchev–Trinajstić information content (AvgIpc) is 2.77. The van der Waals surface area contributed by atoms with Gasteiger partial charge >= 0.3 is 0 Å². The second-order valence-electron chi connectivity index (χ2n) is 9.48. The lowest BCUT2D eigenvalue weighted by Crippen LogP contribution is -2.45. The van der Waals surface area contributed by atoms with Gasteiger partial charge in [-0.2, -0.15) is 0 Å². The fraction of sp³-hybridized carbons (Fsp3) is 0.480. The van der Waals surface area contributed by atoms with E-state index in [4.69, 9.17) is 4.74 Å². The van der Waals surface area contributed by atoms with Gasteiger partial charge in [0.2, 0.25) is 10.0 Å². The van der Waals surface area contributed by atoms with Crippen LogP contribution in [0.25, 0.3) is 0 Å². The molecule has 1 heterocycles. The standard InChI is InChI=1S/C25H35N3O4S/c1-6-21(28-14-13-18-9-7-8-10-20(18)17-28)16-26-24(29)19-11-12-22(32-5)23(15-19)33(30,31)27-25(2,3)4/h7-12,15,21,27H,6,13-14,16-17H2,1-5H3,(H,26,29). The van der Waals surface area contributed by atoms with E-state index in [1.807, 2.05) is 0 Å². The quantitative estimate of drug-likeness (QED) is 0.614. The summed E-state index contributed by atoms with van der Waals surface area (Å²) < 4.78 is 33.6. The fourth-order valence-electron chi connectivity index (χ4n) is 4.16. The minimum Gasteiger partial charge on any atom is -0.495 e. The predicted molar refractivity (Wildman–Crippen MR) is 130 cm³/mol. The van der Waals surface area contributed by atoms with E-state index in [0.717, 1.165) is 25.9 Å². The fourth-order valence-corrected chi connectivity index (χ4v) is 5.77. The van der Waals surface area contributed by atoms with Gasteiger partial charge in [0, 0.05) is 36.8 Å². The summed E-state index contributed by atoms with van der Waals surface area (Å²) in [5.41, 5.74) is 2.35. The lowest BCUT2D eigenvalue weighted by molar-refractivity contribution is 0.0926. The number of hydrogen-bond acceptors (Lipinski definition) is 5. The van der Waals surface area contributed by atoms with Gasteiger partial charge in [-0.05, 0) is 62.9 Å². The van der Waals surface area contributed by atoms with Crippen LogP contribution in [0, 0.1) is 0 Å². The highest BCUT2D eigenvalue weighted by Crippen LogP contribution is 2.26. The van der Waals surface area contributed by atoms with Crippen LogP contribution in [0.4, 0.5) is 0 Å². The third-order valence-electron chi connectivity index (χ3n) is 5.80. The van der Waals surface area contributed by atoms with Crippen molar-refractivity contribution in [3.05, 3.63) is 59.2 Å². The molecule has 0 spiro atoms. The SMILES string of the molecule is CCC(CNC(=O)c1ccc(OC)c(S(=O)(=O)NC(C)(C)C)c1)N1CCc2ccccc2C1. The second kappa shape index (κ2) is 10.2. The van der Waals surface area contributed by atoms with Crippen LogP contribution in [0.1, 0.15) is 55.6 Å². The number of amides is 1. The highest BCUT2D eigenvalue weighted by molar-refractivity contribution is 7.89. The molecule has 0 saturated carbocycles. The Morgan fingerprint density at radius 2 is 1.85 bits per heavy atom. The van der Waals surface area contributed by atoms with E-state index in [1.165, 1.54) is 30.4 Å². The van der Waals surface area contributed by atoms with Crippen molar-refractivity contribution in [1.29, 1.82) is 0 Å². The maximum absolute atomic E-state index is 12.9. The number of ether oxygens (including phenoxy) is 1. The zero-order valence-corrected chi connectivity index (χ0v) is 21.0. The van der Waals surface area contributed by atoms with Crippen LogP contribution in [0.3, 0.4) is 0 Å². The molecule has 1 aliphatic heterocycles. The Labute approximate surface area is 197 Å². The molecular formula is C25H35N3O4S. The first-order valence-corrected chi connectivity index (χ1v) is 12.8. The maximum atomic E-state index is 12.9. The van der Waals surface area contributed by atoms with E-state index in [2.05, 4.69) is 46.1 Å². The zero-order valence-electron chi connectivity index (χ0n) is 20.1. The van der Waals surface area contributed by atoms with Crippen LogP contribution in [0.15, 0.2) is 47.4 Å². The maximum Gasteiger partial charge on any atom is 0.251 e. The van der Waals surface area contributed by atoms with E-state index in [0.29, 0.717) is 6.54 Å². The van der Waals surface area contributed by atoms with E-state index in [1.54, 1.807) is 26.8 Å². The summed E-state index contributed by atoms with van der Waals surface area (Å²) in [4.78, 5) is 15.3. The third kappa shape index (κ3) is 6.34. The molecule has 3 rings (SSSR count). The number of carbonyl (C=O) groups excluding carboxylic acids is 1. The van der Waals surface area contributed by atoms with Crippen LogP contribution in [-0.2, 0) is 23.0 Å². The van der Waals surface area contributed by atoms with Crippen molar-refractivity contribution < 1.29 is 17.9 Å². The molecule has 1 amide bonds. The molecule has 1 unspecified atom stereocenters. The summed E-state index contributed by atoms with van der Waals surface area (Å²) in [5.74, 6) is -0.109. The van der Waals surface area contributed by atoms with Crippen LogP contribution < -0.4 is 14.8 Å². The molecule has 0 aromatic heterocycles. The Hall–Kier alpha value is -2.42. The summed E-state index contributed by atoms with van der Waals surface area (Å²) in [7, 11) is -2.45. The lowest BCUT2D eigenvalue weighted by Gasteiger charge is -2.35. The van der Waals surface area contributed by atoms with Crippen molar-refractivity contribution >= 4 is 15.9 Å². The first-order chi connectivity index (χ1) is 15.5. The number of methoxy groups -OCH3 is 1. The Bertz CT molecular complexity index is 1090. The van der Waals surface area contributed by atoms with E-state index < -0.39 is 15.6 Å². The van der Waals surface area contributed by atoms with Gasteiger partial charge in [-0.25, -0.2) is 13.1 Å². The van der Waals surface area contributed by atoms with Crippen molar-refractivity contribution in [3.8, 4) is 5.75 Å². The Morgan fingerprint density at radius 3 is 2.48 bits per heavy atom. The van der Waals surface area contributed by atoms with Gasteiger partial charge < -0.3 is 10.1 Å². The first kappa shape index (κ1) is 25.2. The number of hydrogen-bond donors (Lipinski definition) is 2. The highest BCUT2D eigenvalue weighted by Gasteiger charge is 2.27. The first-order valence-electron chi connectivity index (χ1n) is 11.3. The molecule has 0 bridgehead atoms. The van der Waals surface area contributed by atoms with Gasteiger partial charge in [0.25, 0.3) is 5.91 Å². The Balaban J connectivity index is 1.72. The minimum absolute atomic E-state index is 0.0488. The molecular weight excluding hydrogens is 438 g/mol. The third-order valence-corrected chi connectivity index (χ3v) is 7.58. The Morgan fingerprint density at radius 1 is 1.15 bits per heavy atom. The number of rotatable bonds is 8. The number of nitrogens with zero attached hydrogens (tertiary/aromatic N) is 1. The molecule has 33 heavy (non-hydrogen) atoms. The smallest absolute Gasteiger partial charge is 0.251 e. The topological polar surface area (TPSA) is 87.7 Å². The second-order valence-corrected chi connectivity index (χ2v) is 11.1. The number of sulfonamides is 1. The van der Waals surface area contributed by atoms with E-state index in [9.17, 15) is 13.2 Å². The molecule has 8 heteroatoms. The summed E-state index contributed by atoms with van der Waals surface area (Å²) in [5, 5.41) is 3.00. The van der Waals surface area contributed by atoms with Crippen molar-refractivity contribution in [2.24, 2.45) is 0 Å². The summed E-state index contributed by atoms with van der Waals surface area (Å²) in [6.07, 6.45) is 1.90. The zero-order chi connectivity index (χ0) is 24.2. The van der Waals surface area contributed by atoms with Crippen LogP contribution in [-0.4, -0.2) is 51.0 Å². The molecule has 0 fully saturated rings. The minimum atomic E-state index is -3.86. The van der Waals surface area contributed by atoms with Gasteiger partial charge in [0.1, 0.15) is 10.6 Å². The van der Waals surface area contributed by atoms with E-state index in [-0.39, 0.29) is 28.2 Å². The molecule has 2 aromatic carbocycles. The lowest BCUT2D eigenvalue weighted by atomic mass is 9.98. The molecule has 1 atom stereocenters. The molecule has 0 aliphatic carbocycles. The molecule has 7 nitrogen and oxygen atoms in total. The van der Waals surface area contributed by atoms with Crippen LogP contribution >= 0.6 is 0 Å². The number of fused-ring (bicyclic) bond motifs is 1. The van der Waals surface area contributed by atoms with Crippen molar-refractivity contribution in [2.45, 2.75) is 63.6 Å². The molecule has 2 N–H and O–H groups in total. The van der Waals surface area contributed by atoms with Crippen molar-refractivity contribution in [1.82, 2.24) is 14.9 Å². The van der Waals surface area contributed by atoms with Crippen LogP contribution in [0.5, 0.6) is 5.75 Å². The summed E-state index contributed by atoms with van der Waals surface area (Å²) >= 11 is 0. The van der Waals surface area contributed by atoms with Crippen molar-refractivity contribution in [3.63, 3.8) is 0 Å². The summed E-state index contributed by atoms with van der Waals surface area (Å²) in [6.45, 7) is 9.72. The normalized spacial score (nSPS) is 15.5. The molecule has 0 saturated heterocycles. The molecule has 2 aromatic rings. The van der Waals surface area contributed by atoms with E-state index >= 15 is 0 Å². The van der Waals surface area contributed by atoms with Gasteiger partial charge in [0.15, 0.2) is 0 Å². The van der Waals surface area contributed by atoms with Gasteiger partial charge in [-0.1, -0.05) is 31.2 Å². The largest absolute Gasteiger partial charge is 0.495 e. The predicted octanol–water partition coefficient (Wildman–Crippen LogP) is 3.34. The van der Waals surface area contributed by atoms with Gasteiger partial charge in [0.05, 0.1) is 7.11 Å². The molecule has 180 valence electrons. The number of carbonyl (C=O) groups is 1. The number of nitrogens with one attached hydrogen (secondary N) is 2. The van der Waals surface area contributed by atoms with Crippen LogP contribution in [0.2, 0.25) is 0 Å². The summed E-state index contributed by atoms with van der Waals surface area (Å²) in [6, 6.07) is 13.2. The average molecular weight is 474 g/mol.